The van der Waals surface area contributed by atoms with Gasteiger partial charge in [-0.25, -0.2) is 13.6 Å². The van der Waals surface area contributed by atoms with Gasteiger partial charge in [0.1, 0.15) is 5.75 Å². The highest BCUT2D eigenvalue weighted by Crippen LogP contribution is 2.21. The smallest absolute Gasteiger partial charge is 0.422 e. The quantitative estimate of drug-likeness (QED) is 0.804. The molecule has 0 saturated heterocycles. The van der Waals surface area contributed by atoms with E-state index in [-0.39, 0.29) is 5.75 Å². The second kappa shape index (κ2) is 7.98. The number of ether oxygens (including phenoxy) is 1. The van der Waals surface area contributed by atoms with E-state index in [1.54, 1.807) is 6.92 Å². The van der Waals surface area contributed by atoms with E-state index in [9.17, 15) is 26.7 Å². The molecule has 0 spiro atoms. The van der Waals surface area contributed by atoms with Crippen LogP contribution >= 0.6 is 0 Å². The minimum Gasteiger partial charge on any atom is -0.484 e. The number of hydrogen-bond donors (Lipinski definition) is 1. The number of alkyl halides is 5. The van der Waals surface area contributed by atoms with Gasteiger partial charge in [0, 0.05) is 7.05 Å². The Hall–Kier alpha value is -2.06. The molecule has 0 radical (unpaired) electrons. The Morgan fingerprint density at radius 2 is 1.83 bits per heavy atom. The van der Waals surface area contributed by atoms with Crippen LogP contribution in [0.15, 0.2) is 24.3 Å². The van der Waals surface area contributed by atoms with Gasteiger partial charge in [-0.1, -0.05) is 12.1 Å². The maximum absolute atomic E-state index is 12.2. The maximum Gasteiger partial charge on any atom is 0.422 e. The van der Waals surface area contributed by atoms with Gasteiger partial charge in [-0.05, 0) is 24.6 Å². The first-order chi connectivity index (χ1) is 10.6. The van der Waals surface area contributed by atoms with Crippen LogP contribution in [0.25, 0.3) is 0 Å². The summed E-state index contributed by atoms with van der Waals surface area (Å²) in [5.74, 6) is 0.0411. The summed E-state index contributed by atoms with van der Waals surface area (Å²) in [6, 6.07) is 4.49. The molecule has 0 aliphatic rings. The minimum atomic E-state index is -4.42. The van der Waals surface area contributed by atoms with E-state index in [4.69, 9.17) is 0 Å². The summed E-state index contributed by atoms with van der Waals surface area (Å²) >= 11 is 0. The van der Waals surface area contributed by atoms with Gasteiger partial charge >= 0.3 is 12.2 Å². The minimum absolute atomic E-state index is 0.0411. The highest BCUT2D eigenvalue weighted by atomic mass is 19.4. The summed E-state index contributed by atoms with van der Waals surface area (Å²) < 4.78 is 65.0. The maximum atomic E-state index is 12.2. The van der Waals surface area contributed by atoms with Crippen LogP contribution < -0.4 is 10.1 Å². The van der Waals surface area contributed by atoms with Gasteiger partial charge in [0.05, 0.1) is 12.6 Å². The Kier molecular flexibility index (Phi) is 6.59. The molecule has 23 heavy (non-hydrogen) atoms. The lowest BCUT2D eigenvalue weighted by Crippen LogP contribution is -2.40. The second-order valence-corrected chi connectivity index (χ2v) is 4.92. The van der Waals surface area contributed by atoms with E-state index < -0.39 is 37.8 Å². The van der Waals surface area contributed by atoms with Crippen molar-refractivity contribution in [2.75, 3.05) is 20.2 Å². The largest absolute Gasteiger partial charge is 0.484 e. The monoisotopic (exact) mass is 340 g/mol. The molecule has 9 heteroatoms. The molecule has 0 aliphatic heterocycles. The normalized spacial score (nSPS) is 12.9. The van der Waals surface area contributed by atoms with E-state index in [0.29, 0.717) is 5.56 Å². The van der Waals surface area contributed by atoms with Crippen molar-refractivity contribution in [2.24, 2.45) is 0 Å². The summed E-state index contributed by atoms with van der Waals surface area (Å²) in [6.45, 7) is -0.459. The van der Waals surface area contributed by atoms with Crippen molar-refractivity contribution in [3.8, 4) is 5.75 Å². The summed E-state index contributed by atoms with van der Waals surface area (Å²) in [5, 5.41) is 2.51. The topological polar surface area (TPSA) is 41.6 Å². The number of benzene rings is 1. The molecule has 0 aromatic heterocycles. The number of nitrogens with zero attached hydrogens (tertiary/aromatic N) is 1. The van der Waals surface area contributed by atoms with Gasteiger partial charge in [-0.15, -0.1) is 0 Å². The molecule has 0 bridgehead atoms. The van der Waals surface area contributed by atoms with Crippen molar-refractivity contribution in [1.29, 1.82) is 0 Å². The second-order valence-electron chi connectivity index (χ2n) is 4.92. The number of nitrogens with one attached hydrogen (secondary N) is 1. The average Bonchev–Trinajstić information content (AvgIpc) is 2.44. The zero-order valence-electron chi connectivity index (χ0n) is 12.5. The lowest BCUT2D eigenvalue weighted by molar-refractivity contribution is -0.153. The summed E-state index contributed by atoms with van der Waals surface area (Å²) in [5.41, 5.74) is 0.600. The van der Waals surface area contributed by atoms with Crippen LogP contribution in [-0.4, -0.2) is 43.7 Å². The average molecular weight is 340 g/mol. The van der Waals surface area contributed by atoms with E-state index in [0.717, 1.165) is 4.90 Å². The van der Waals surface area contributed by atoms with Gasteiger partial charge in [0.25, 0.3) is 6.43 Å². The Morgan fingerprint density at radius 3 is 2.30 bits per heavy atom. The van der Waals surface area contributed by atoms with Crippen molar-refractivity contribution >= 4 is 6.03 Å². The molecule has 130 valence electrons. The Balaban J connectivity index is 2.57. The van der Waals surface area contributed by atoms with Crippen molar-refractivity contribution in [2.45, 2.75) is 25.6 Å². The molecule has 1 aromatic carbocycles. The van der Waals surface area contributed by atoms with Crippen LogP contribution in [0.4, 0.5) is 26.7 Å². The molecular weight excluding hydrogens is 323 g/mol. The van der Waals surface area contributed by atoms with Gasteiger partial charge in [-0.3, -0.25) is 0 Å². The number of urea groups is 1. The fourth-order valence-corrected chi connectivity index (χ4v) is 1.69. The first-order valence-corrected chi connectivity index (χ1v) is 6.68. The van der Waals surface area contributed by atoms with E-state index >= 15 is 0 Å². The van der Waals surface area contributed by atoms with E-state index in [1.165, 1.54) is 31.3 Å². The molecule has 0 fully saturated rings. The van der Waals surface area contributed by atoms with Crippen LogP contribution in [0, 0.1) is 0 Å². The third-order valence-corrected chi connectivity index (χ3v) is 2.88. The van der Waals surface area contributed by atoms with Gasteiger partial charge < -0.3 is 15.0 Å². The van der Waals surface area contributed by atoms with E-state index in [2.05, 4.69) is 10.1 Å². The Labute approximate surface area is 130 Å². The van der Waals surface area contributed by atoms with Crippen LogP contribution in [0.3, 0.4) is 0 Å². The van der Waals surface area contributed by atoms with Gasteiger partial charge in [0.15, 0.2) is 6.61 Å². The number of carbonyl (C=O) groups excluding carboxylic acids is 1. The lowest BCUT2D eigenvalue weighted by Gasteiger charge is -2.21. The molecule has 1 unspecified atom stereocenters. The molecule has 0 heterocycles. The van der Waals surface area contributed by atoms with Crippen LogP contribution in [0.5, 0.6) is 5.75 Å². The number of amides is 2. The van der Waals surface area contributed by atoms with Crippen LogP contribution in [0.1, 0.15) is 18.5 Å². The summed E-state index contributed by atoms with van der Waals surface area (Å²) in [4.78, 5) is 12.5. The standard InChI is InChI=1S/C14H17F5N2O2/c1-9(20-13(22)21(2)7-12(15)16)10-3-5-11(6-4-10)23-8-14(17,18)19/h3-6,9,12H,7-8H2,1-2H3,(H,20,22). The molecule has 0 saturated carbocycles. The predicted octanol–water partition coefficient (Wildman–Crippen LogP) is 3.60. The molecule has 1 rings (SSSR count). The van der Waals surface area contributed by atoms with Crippen molar-refractivity contribution in [1.82, 2.24) is 10.2 Å². The third kappa shape index (κ3) is 7.16. The molecular formula is C14H17F5N2O2. The van der Waals surface area contributed by atoms with Crippen molar-refractivity contribution in [3.05, 3.63) is 29.8 Å². The van der Waals surface area contributed by atoms with Crippen LogP contribution in [0.2, 0.25) is 0 Å². The number of hydrogen-bond acceptors (Lipinski definition) is 2. The molecule has 1 atom stereocenters. The molecule has 2 amide bonds. The fraction of sp³-hybridized carbons (Fsp3) is 0.500. The van der Waals surface area contributed by atoms with Crippen molar-refractivity contribution < 1.29 is 31.5 Å². The summed E-state index contributed by atoms with van der Waals surface area (Å²) in [6.07, 6.45) is -7.05. The number of rotatable bonds is 6. The molecule has 1 aromatic rings. The number of halogens is 5. The first kappa shape index (κ1) is 19.0. The zero-order valence-corrected chi connectivity index (χ0v) is 12.5. The Bertz CT molecular complexity index is 505. The zero-order chi connectivity index (χ0) is 17.6. The van der Waals surface area contributed by atoms with E-state index in [1.807, 2.05) is 0 Å². The number of carbonyl (C=O) groups is 1. The molecule has 0 aliphatic carbocycles. The SMILES string of the molecule is CC(NC(=O)N(C)CC(F)F)c1ccc(OCC(F)(F)F)cc1. The summed E-state index contributed by atoms with van der Waals surface area (Å²) in [7, 11) is 1.24. The third-order valence-electron chi connectivity index (χ3n) is 2.88. The van der Waals surface area contributed by atoms with Crippen LogP contribution in [-0.2, 0) is 0 Å². The van der Waals surface area contributed by atoms with Gasteiger partial charge in [0.2, 0.25) is 0 Å². The highest BCUT2D eigenvalue weighted by Gasteiger charge is 2.28. The molecule has 4 nitrogen and oxygen atoms in total. The van der Waals surface area contributed by atoms with Crippen molar-refractivity contribution in [3.63, 3.8) is 0 Å². The lowest BCUT2D eigenvalue weighted by atomic mass is 10.1. The van der Waals surface area contributed by atoms with Gasteiger partial charge in [-0.2, -0.15) is 13.2 Å². The Morgan fingerprint density at radius 1 is 1.26 bits per heavy atom. The fourth-order valence-electron chi connectivity index (χ4n) is 1.69. The first-order valence-electron chi connectivity index (χ1n) is 6.68. The highest BCUT2D eigenvalue weighted by molar-refractivity contribution is 5.74. The predicted molar refractivity (Wildman–Crippen MR) is 73.6 cm³/mol. The molecule has 1 N–H and O–H groups in total.